The molecule has 0 spiro atoms. The molecule has 1 amide bonds. The molecule has 5 heteroatoms. The number of nitrogens with one attached hydrogen (secondary N) is 1. The molecule has 0 aliphatic carbocycles. The number of rotatable bonds is 4. The van der Waals surface area contributed by atoms with E-state index in [9.17, 15) is 9.59 Å². The fraction of sp³-hybridized carbons (Fsp3) is 0.846. The van der Waals surface area contributed by atoms with Crippen LogP contribution in [0.5, 0.6) is 0 Å². The minimum atomic E-state index is -0.958. The number of carbonyl (C=O) groups is 2. The van der Waals surface area contributed by atoms with Crippen LogP contribution in [0.25, 0.3) is 0 Å². The zero-order valence-corrected chi connectivity index (χ0v) is 11.5. The largest absolute Gasteiger partial charge is 0.465 e. The van der Waals surface area contributed by atoms with Gasteiger partial charge in [-0.2, -0.15) is 0 Å². The van der Waals surface area contributed by atoms with E-state index in [0.29, 0.717) is 19.0 Å². The molecule has 1 aliphatic heterocycles. The first-order valence-corrected chi connectivity index (χ1v) is 6.51. The minimum Gasteiger partial charge on any atom is -0.465 e. The molecule has 18 heavy (non-hydrogen) atoms. The van der Waals surface area contributed by atoms with Crippen molar-refractivity contribution in [1.82, 2.24) is 10.2 Å². The van der Waals surface area contributed by atoms with Crippen LogP contribution in [0.15, 0.2) is 0 Å². The summed E-state index contributed by atoms with van der Waals surface area (Å²) in [5.41, 5.74) is -0.276. The number of ketones is 1. The molecule has 1 saturated heterocycles. The second kappa shape index (κ2) is 6.18. The summed E-state index contributed by atoms with van der Waals surface area (Å²) in [6, 6.07) is 0. The monoisotopic (exact) mass is 256 g/mol. The Kier molecular flexibility index (Phi) is 5.14. The maximum atomic E-state index is 11.9. The Morgan fingerprint density at radius 3 is 2.28 bits per heavy atom. The summed E-state index contributed by atoms with van der Waals surface area (Å²) in [5, 5.41) is 11.0. The van der Waals surface area contributed by atoms with E-state index in [4.69, 9.17) is 5.11 Å². The zero-order valence-electron chi connectivity index (χ0n) is 11.5. The van der Waals surface area contributed by atoms with Crippen LogP contribution in [-0.4, -0.2) is 48.1 Å². The summed E-state index contributed by atoms with van der Waals surface area (Å²) in [6.07, 6.45) is 0.954. The van der Waals surface area contributed by atoms with Crippen LogP contribution < -0.4 is 5.32 Å². The average molecular weight is 256 g/mol. The molecule has 0 aromatic carbocycles. The van der Waals surface area contributed by atoms with Crippen molar-refractivity contribution in [3.8, 4) is 0 Å². The van der Waals surface area contributed by atoms with Crippen molar-refractivity contribution in [2.75, 3.05) is 26.2 Å². The number of hydrogen-bond donors (Lipinski definition) is 2. The number of hydrogen-bond acceptors (Lipinski definition) is 3. The highest BCUT2D eigenvalue weighted by atomic mass is 16.4. The van der Waals surface area contributed by atoms with E-state index >= 15 is 0 Å². The number of likely N-dealkylation sites (tertiary alicyclic amines) is 1. The van der Waals surface area contributed by atoms with Gasteiger partial charge in [-0.15, -0.1) is 0 Å². The van der Waals surface area contributed by atoms with E-state index in [1.165, 1.54) is 0 Å². The smallest absolute Gasteiger partial charge is 0.404 e. The van der Waals surface area contributed by atoms with Gasteiger partial charge in [-0.05, 0) is 31.8 Å². The first-order chi connectivity index (χ1) is 8.29. The molecule has 0 unspecified atom stereocenters. The Morgan fingerprint density at radius 2 is 1.83 bits per heavy atom. The summed E-state index contributed by atoms with van der Waals surface area (Å²) in [7, 11) is 0. The van der Waals surface area contributed by atoms with Crippen LogP contribution in [0.4, 0.5) is 4.79 Å². The molecule has 1 heterocycles. The molecular weight excluding hydrogens is 232 g/mol. The second-order valence-electron chi connectivity index (χ2n) is 6.08. The molecule has 2 N–H and O–H groups in total. The maximum absolute atomic E-state index is 11.9. The molecule has 1 aliphatic rings. The van der Waals surface area contributed by atoms with Crippen molar-refractivity contribution in [1.29, 1.82) is 0 Å². The van der Waals surface area contributed by atoms with Gasteiger partial charge in [0.15, 0.2) is 5.78 Å². The van der Waals surface area contributed by atoms with Crippen LogP contribution in [-0.2, 0) is 4.79 Å². The van der Waals surface area contributed by atoms with Crippen molar-refractivity contribution in [3.63, 3.8) is 0 Å². The molecule has 0 atom stereocenters. The van der Waals surface area contributed by atoms with Gasteiger partial charge in [0.2, 0.25) is 0 Å². The predicted molar refractivity (Wildman–Crippen MR) is 69.7 cm³/mol. The number of carbonyl (C=O) groups excluding carboxylic acids is 1. The summed E-state index contributed by atoms with van der Waals surface area (Å²) < 4.78 is 0. The third-order valence-electron chi connectivity index (χ3n) is 3.45. The normalized spacial score (nSPS) is 18.6. The Bertz CT molecular complexity index is 302. The lowest BCUT2D eigenvalue weighted by atomic mass is 9.89. The molecule has 1 fully saturated rings. The van der Waals surface area contributed by atoms with Gasteiger partial charge in [0.25, 0.3) is 0 Å². The number of carboxylic acid groups (broad SMARTS) is 1. The molecule has 0 bridgehead atoms. The molecule has 104 valence electrons. The van der Waals surface area contributed by atoms with Crippen LogP contribution in [0.2, 0.25) is 0 Å². The van der Waals surface area contributed by atoms with E-state index < -0.39 is 6.09 Å². The number of Topliss-reactive ketones (excluding diaryl/α,β-unsaturated/α-hetero) is 1. The topological polar surface area (TPSA) is 69.6 Å². The summed E-state index contributed by atoms with van der Waals surface area (Å²) in [4.78, 5) is 24.5. The molecule has 1 rings (SSSR count). The van der Waals surface area contributed by atoms with E-state index in [1.54, 1.807) is 0 Å². The lowest BCUT2D eigenvalue weighted by molar-refractivity contribution is -0.127. The lowest BCUT2D eigenvalue weighted by Gasteiger charge is -2.32. The summed E-state index contributed by atoms with van der Waals surface area (Å²) in [6.45, 7) is 8.64. The molecular formula is C13H24N2O3. The Balaban J connectivity index is 2.27. The summed E-state index contributed by atoms with van der Waals surface area (Å²) in [5.74, 6) is 0.673. The van der Waals surface area contributed by atoms with Crippen molar-refractivity contribution in [2.45, 2.75) is 33.6 Å². The van der Waals surface area contributed by atoms with Crippen molar-refractivity contribution in [3.05, 3.63) is 0 Å². The first kappa shape index (κ1) is 15.0. The van der Waals surface area contributed by atoms with E-state index in [-0.39, 0.29) is 11.2 Å². The third kappa shape index (κ3) is 5.04. The van der Waals surface area contributed by atoms with Crippen molar-refractivity contribution < 1.29 is 14.7 Å². The SMILES string of the molecule is CC(C)(C)C(=O)CN1CCC(CNC(=O)O)CC1. The van der Waals surface area contributed by atoms with Gasteiger partial charge < -0.3 is 10.4 Å². The number of amides is 1. The molecule has 0 aromatic heterocycles. The van der Waals surface area contributed by atoms with Gasteiger partial charge in [0.1, 0.15) is 0 Å². The zero-order chi connectivity index (χ0) is 13.8. The van der Waals surface area contributed by atoms with Gasteiger partial charge in [-0.1, -0.05) is 20.8 Å². The Hall–Kier alpha value is -1.10. The predicted octanol–water partition coefficient (Wildman–Crippen LogP) is 1.58. The van der Waals surface area contributed by atoms with Crippen LogP contribution in [0, 0.1) is 11.3 Å². The number of nitrogens with zero attached hydrogens (tertiary/aromatic N) is 1. The highest BCUT2D eigenvalue weighted by Crippen LogP contribution is 2.19. The quantitative estimate of drug-likeness (QED) is 0.801. The Labute approximate surface area is 109 Å². The van der Waals surface area contributed by atoms with Crippen molar-refractivity contribution in [2.24, 2.45) is 11.3 Å². The van der Waals surface area contributed by atoms with Crippen LogP contribution >= 0.6 is 0 Å². The van der Waals surface area contributed by atoms with Gasteiger partial charge in [0.05, 0.1) is 6.54 Å². The van der Waals surface area contributed by atoms with E-state index in [1.807, 2.05) is 20.8 Å². The van der Waals surface area contributed by atoms with E-state index in [0.717, 1.165) is 25.9 Å². The maximum Gasteiger partial charge on any atom is 0.404 e. The Morgan fingerprint density at radius 1 is 1.28 bits per heavy atom. The molecule has 0 aromatic rings. The van der Waals surface area contributed by atoms with Crippen LogP contribution in [0.1, 0.15) is 33.6 Å². The van der Waals surface area contributed by atoms with Crippen LogP contribution in [0.3, 0.4) is 0 Å². The van der Waals surface area contributed by atoms with Gasteiger partial charge in [-0.25, -0.2) is 4.79 Å². The third-order valence-corrected chi connectivity index (χ3v) is 3.45. The lowest BCUT2D eigenvalue weighted by Crippen LogP contribution is -2.42. The van der Waals surface area contributed by atoms with Gasteiger partial charge in [-0.3, -0.25) is 9.69 Å². The van der Waals surface area contributed by atoms with E-state index in [2.05, 4.69) is 10.2 Å². The average Bonchev–Trinajstić information content (AvgIpc) is 2.26. The summed E-state index contributed by atoms with van der Waals surface area (Å²) >= 11 is 0. The molecule has 0 saturated carbocycles. The number of piperidine rings is 1. The molecule has 5 nitrogen and oxygen atoms in total. The highest BCUT2D eigenvalue weighted by Gasteiger charge is 2.26. The van der Waals surface area contributed by atoms with Crippen molar-refractivity contribution >= 4 is 11.9 Å². The molecule has 0 radical (unpaired) electrons. The first-order valence-electron chi connectivity index (χ1n) is 6.51. The fourth-order valence-electron chi connectivity index (χ4n) is 2.02. The van der Waals surface area contributed by atoms with Gasteiger partial charge in [0, 0.05) is 12.0 Å². The second-order valence-corrected chi connectivity index (χ2v) is 6.08. The van der Waals surface area contributed by atoms with Gasteiger partial charge >= 0.3 is 6.09 Å². The highest BCUT2D eigenvalue weighted by molar-refractivity contribution is 5.85. The fourth-order valence-corrected chi connectivity index (χ4v) is 2.02. The minimum absolute atomic E-state index is 0.268. The standard InChI is InChI=1S/C13H24N2O3/c1-13(2,3)11(16)9-15-6-4-10(5-7-15)8-14-12(17)18/h10,14H,4-9H2,1-3H3,(H,17,18).